The molecule has 0 bridgehead atoms. The van der Waals surface area contributed by atoms with Gasteiger partial charge in [0.15, 0.2) is 0 Å². The van der Waals surface area contributed by atoms with Crippen molar-refractivity contribution in [1.29, 1.82) is 0 Å². The van der Waals surface area contributed by atoms with Gasteiger partial charge >= 0.3 is 11.9 Å². The molecule has 0 aromatic heterocycles. The zero-order valence-electron chi connectivity index (χ0n) is 27.8. The van der Waals surface area contributed by atoms with Crippen molar-refractivity contribution in [3.05, 3.63) is 83.5 Å². The van der Waals surface area contributed by atoms with E-state index in [1.165, 1.54) is 67.2 Å². The number of aliphatic hydroxyl groups excluding tert-OH is 2. The van der Waals surface area contributed by atoms with Crippen molar-refractivity contribution in [2.24, 2.45) is 23.7 Å². The topological polar surface area (TPSA) is 93.1 Å². The first-order chi connectivity index (χ1) is 22.3. The van der Waals surface area contributed by atoms with Crippen LogP contribution in [0.25, 0.3) is 11.1 Å². The summed E-state index contributed by atoms with van der Waals surface area (Å²) in [6.07, 6.45) is 15.4. The van der Waals surface area contributed by atoms with E-state index in [0.29, 0.717) is 5.92 Å². The molecule has 6 nitrogen and oxygen atoms in total. The number of unbranched alkanes of at least 4 members (excludes halogenated alkanes) is 2. The van der Waals surface area contributed by atoms with Crippen LogP contribution in [0.2, 0.25) is 0 Å². The molecular weight excluding hydrogens is 576 g/mol. The van der Waals surface area contributed by atoms with Crippen molar-refractivity contribution in [3.63, 3.8) is 0 Å². The number of rotatable bonds is 17. The third kappa shape index (κ3) is 10.4. The highest BCUT2D eigenvalue weighted by Gasteiger charge is 2.30. The Kier molecular flexibility index (Phi) is 14.1. The second kappa shape index (κ2) is 18.2. The Morgan fingerprint density at radius 3 is 2.02 bits per heavy atom. The number of aryl methyl sites for hydroxylation is 2. The molecule has 250 valence electrons. The lowest BCUT2D eigenvalue weighted by atomic mass is 9.74. The SMILES string of the molecule is C=C(CO)C(=O)OCC(COC(=O)C(=C)CO)C1CCC(CCc2ccc(-c3ccc4c(c3)CCC(CCCCC)C4)cc2)CC1. The van der Waals surface area contributed by atoms with Crippen molar-refractivity contribution < 1.29 is 29.3 Å². The molecule has 0 heterocycles. The van der Waals surface area contributed by atoms with Gasteiger partial charge in [-0.05, 0) is 90.5 Å². The highest BCUT2D eigenvalue weighted by Crippen LogP contribution is 2.37. The fourth-order valence-electron chi connectivity index (χ4n) is 7.14. The molecule has 2 aromatic carbocycles. The lowest BCUT2D eigenvalue weighted by molar-refractivity contribution is -0.146. The zero-order chi connectivity index (χ0) is 32.9. The maximum Gasteiger partial charge on any atom is 0.335 e. The molecule has 1 saturated carbocycles. The van der Waals surface area contributed by atoms with Gasteiger partial charge in [-0.1, -0.05) is 101 Å². The molecule has 2 aromatic rings. The molecule has 0 amide bonds. The van der Waals surface area contributed by atoms with Gasteiger partial charge in [-0.2, -0.15) is 0 Å². The number of hydrogen-bond donors (Lipinski definition) is 2. The van der Waals surface area contributed by atoms with E-state index in [-0.39, 0.29) is 36.2 Å². The lowest BCUT2D eigenvalue weighted by Crippen LogP contribution is -2.31. The first-order valence-corrected chi connectivity index (χ1v) is 17.4. The molecule has 0 spiro atoms. The van der Waals surface area contributed by atoms with Gasteiger partial charge in [-0.15, -0.1) is 0 Å². The largest absolute Gasteiger partial charge is 0.462 e. The third-order valence-corrected chi connectivity index (χ3v) is 10.3. The Bertz CT molecular complexity index is 1270. The number of benzene rings is 2. The third-order valence-electron chi connectivity index (χ3n) is 10.3. The Morgan fingerprint density at radius 2 is 1.41 bits per heavy atom. The smallest absolute Gasteiger partial charge is 0.335 e. The van der Waals surface area contributed by atoms with E-state index in [1.807, 2.05) is 0 Å². The van der Waals surface area contributed by atoms with E-state index in [4.69, 9.17) is 9.47 Å². The number of carbonyl (C=O) groups is 2. The maximum atomic E-state index is 12.1. The zero-order valence-corrected chi connectivity index (χ0v) is 27.8. The molecule has 0 radical (unpaired) electrons. The van der Waals surface area contributed by atoms with Gasteiger partial charge in [-0.25, -0.2) is 9.59 Å². The van der Waals surface area contributed by atoms with E-state index in [1.54, 1.807) is 5.56 Å². The summed E-state index contributed by atoms with van der Waals surface area (Å²) >= 11 is 0. The maximum absolute atomic E-state index is 12.1. The number of esters is 2. The molecule has 6 heteroatoms. The molecule has 2 aliphatic carbocycles. The summed E-state index contributed by atoms with van der Waals surface area (Å²) < 4.78 is 10.8. The molecule has 4 rings (SSSR count). The van der Waals surface area contributed by atoms with E-state index < -0.39 is 25.2 Å². The average Bonchev–Trinajstić information content (AvgIpc) is 3.10. The van der Waals surface area contributed by atoms with Gasteiger partial charge in [0.05, 0.1) is 37.6 Å². The molecule has 1 unspecified atom stereocenters. The number of fused-ring (bicyclic) bond motifs is 1. The molecule has 2 aliphatic rings. The van der Waals surface area contributed by atoms with E-state index in [9.17, 15) is 19.8 Å². The van der Waals surface area contributed by atoms with Gasteiger partial charge in [-0.3, -0.25) is 0 Å². The van der Waals surface area contributed by atoms with Crippen LogP contribution in [0.4, 0.5) is 0 Å². The van der Waals surface area contributed by atoms with Crippen LogP contribution < -0.4 is 0 Å². The minimum atomic E-state index is -0.642. The Balaban J connectivity index is 1.25. The summed E-state index contributed by atoms with van der Waals surface area (Å²) in [7, 11) is 0. The fraction of sp³-hybridized carbons (Fsp3) is 0.550. The summed E-state index contributed by atoms with van der Waals surface area (Å²) in [6, 6.07) is 16.2. The second-order valence-corrected chi connectivity index (χ2v) is 13.6. The summed E-state index contributed by atoms with van der Waals surface area (Å²) in [5.74, 6) is 0.259. The van der Waals surface area contributed by atoms with Gasteiger partial charge < -0.3 is 19.7 Å². The summed E-state index contributed by atoms with van der Waals surface area (Å²) in [6.45, 7) is 8.58. The van der Waals surface area contributed by atoms with E-state index in [2.05, 4.69) is 62.5 Å². The fourth-order valence-corrected chi connectivity index (χ4v) is 7.14. The summed E-state index contributed by atoms with van der Waals surface area (Å²) in [5, 5.41) is 18.4. The normalized spacial score (nSPS) is 19.3. The highest BCUT2D eigenvalue weighted by molar-refractivity contribution is 5.88. The van der Waals surface area contributed by atoms with Crippen molar-refractivity contribution in [1.82, 2.24) is 0 Å². The average molecular weight is 631 g/mol. The van der Waals surface area contributed by atoms with Gasteiger partial charge in [0, 0.05) is 5.92 Å². The van der Waals surface area contributed by atoms with Crippen LogP contribution in [0.5, 0.6) is 0 Å². The van der Waals surface area contributed by atoms with Crippen LogP contribution in [0.15, 0.2) is 66.8 Å². The molecular formula is C40H54O6. The van der Waals surface area contributed by atoms with E-state index in [0.717, 1.165) is 44.4 Å². The van der Waals surface area contributed by atoms with Gasteiger partial charge in [0.1, 0.15) is 0 Å². The molecule has 1 fully saturated rings. The summed E-state index contributed by atoms with van der Waals surface area (Å²) in [5.41, 5.74) is 7.05. The molecule has 0 saturated heterocycles. The molecule has 1 atom stereocenters. The number of hydrogen-bond acceptors (Lipinski definition) is 6. The Hall–Kier alpha value is -3.22. The standard InChI is InChI=1S/C40H54O6/c1-4-5-6-7-32-14-19-37-23-36(21-20-35(37)22-32)33-15-10-30(11-16-33)8-9-31-12-17-34(18-13-31)38(26-45-39(43)28(2)24-41)27-46-40(44)29(3)25-42/h10-11,15-16,20-21,23,31-32,34,38,41-42H,2-9,12-14,17-19,22,24-27H2,1H3. The lowest BCUT2D eigenvalue weighted by Gasteiger charge is -2.33. The number of carbonyl (C=O) groups excluding carboxylic acids is 2. The number of ether oxygens (including phenoxy) is 2. The second-order valence-electron chi connectivity index (χ2n) is 13.6. The first-order valence-electron chi connectivity index (χ1n) is 17.4. The Labute approximate surface area is 275 Å². The first kappa shape index (κ1) is 35.6. The monoisotopic (exact) mass is 630 g/mol. The molecule has 2 N–H and O–H groups in total. The minimum Gasteiger partial charge on any atom is -0.462 e. The van der Waals surface area contributed by atoms with Gasteiger partial charge in [0.25, 0.3) is 0 Å². The highest BCUT2D eigenvalue weighted by atomic mass is 16.5. The minimum absolute atomic E-state index is 0.00461. The van der Waals surface area contributed by atoms with Crippen LogP contribution >= 0.6 is 0 Å². The predicted molar refractivity (Wildman–Crippen MR) is 183 cm³/mol. The van der Waals surface area contributed by atoms with Crippen molar-refractivity contribution in [2.45, 2.75) is 90.4 Å². The van der Waals surface area contributed by atoms with Crippen molar-refractivity contribution in [3.8, 4) is 11.1 Å². The van der Waals surface area contributed by atoms with Crippen molar-refractivity contribution >= 4 is 11.9 Å². The van der Waals surface area contributed by atoms with E-state index >= 15 is 0 Å². The van der Waals surface area contributed by atoms with Gasteiger partial charge in [0.2, 0.25) is 0 Å². The van der Waals surface area contributed by atoms with Crippen LogP contribution in [0.3, 0.4) is 0 Å². The molecule has 0 aliphatic heterocycles. The molecule has 46 heavy (non-hydrogen) atoms. The number of aliphatic hydroxyl groups is 2. The van der Waals surface area contributed by atoms with Crippen molar-refractivity contribution in [2.75, 3.05) is 26.4 Å². The Morgan fingerprint density at radius 1 is 0.783 bits per heavy atom. The van der Waals surface area contributed by atoms with Crippen LogP contribution in [0.1, 0.15) is 87.8 Å². The van der Waals surface area contributed by atoms with Crippen LogP contribution in [-0.2, 0) is 38.3 Å². The predicted octanol–water partition coefficient (Wildman–Crippen LogP) is 7.58. The quantitative estimate of drug-likeness (QED) is 0.106. The van der Waals surface area contributed by atoms with Crippen LogP contribution in [-0.4, -0.2) is 48.6 Å². The summed E-state index contributed by atoms with van der Waals surface area (Å²) in [4.78, 5) is 24.2. The van der Waals surface area contributed by atoms with Crippen LogP contribution in [0, 0.1) is 23.7 Å².